The number of aryl methyl sites for hydroxylation is 1. The Morgan fingerprint density at radius 2 is 1.94 bits per heavy atom. The van der Waals surface area contributed by atoms with E-state index in [9.17, 15) is 4.79 Å². The Bertz CT molecular complexity index is 475. The second kappa shape index (κ2) is 4.20. The van der Waals surface area contributed by atoms with Crippen molar-refractivity contribution < 1.29 is 9.90 Å². The Morgan fingerprint density at radius 1 is 1.35 bits per heavy atom. The maximum Gasteiger partial charge on any atom is 0.310 e. The summed E-state index contributed by atoms with van der Waals surface area (Å²) in [5, 5.41) is 9.82. The molecule has 0 spiro atoms. The van der Waals surface area contributed by atoms with Gasteiger partial charge in [0.2, 0.25) is 0 Å². The highest BCUT2D eigenvalue weighted by atomic mass is 35.5. The zero-order valence-corrected chi connectivity index (χ0v) is 11.7. The fourth-order valence-electron chi connectivity index (χ4n) is 1.98. The number of hydrogen-bond donors (Lipinski definition) is 1. The van der Waals surface area contributed by atoms with Crippen molar-refractivity contribution in [2.75, 3.05) is 0 Å². The average molecular weight is 314 g/mol. The molecule has 0 bridgehead atoms. The van der Waals surface area contributed by atoms with Crippen LogP contribution in [0.4, 0.5) is 0 Å². The average Bonchev–Trinajstić information content (AvgIpc) is 2.77. The van der Waals surface area contributed by atoms with Gasteiger partial charge in [-0.15, -0.1) is 0 Å². The summed E-state index contributed by atoms with van der Waals surface area (Å²) in [6, 6.07) is 3.38. The molecule has 2 atom stereocenters. The molecule has 0 radical (unpaired) electrons. The Kier molecular flexibility index (Phi) is 3.28. The van der Waals surface area contributed by atoms with E-state index in [1.165, 1.54) is 0 Å². The fourth-order valence-corrected chi connectivity index (χ4v) is 3.18. The summed E-state index contributed by atoms with van der Waals surface area (Å²) >= 11 is 23.8. The van der Waals surface area contributed by atoms with E-state index in [4.69, 9.17) is 51.5 Å². The Labute approximate surface area is 118 Å². The summed E-state index contributed by atoms with van der Waals surface area (Å²) in [7, 11) is 0. The lowest BCUT2D eigenvalue weighted by atomic mass is 10.1. The molecular weight excluding hydrogens is 306 g/mol. The van der Waals surface area contributed by atoms with Crippen molar-refractivity contribution in [3.63, 3.8) is 0 Å². The zero-order valence-electron chi connectivity index (χ0n) is 8.68. The van der Waals surface area contributed by atoms with E-state index in [1.807, 2.05) is 0 Å². The molecule has 1 aliphatic carbocycles. The molecule has 0 aliphatic heterocycles. The van der Waals surface area contributed by atoms with Crippen molar-refractivity contribution in [1.82, 2.24) is 0 Å². The summed E-state index contributed by atoms with van der Waals surface area (Å²) in [6.45, 7) is 1.79. The van der Waals surface area contributed by atoms with Gasteiger partial charge in [-0.25, -0.2) is 0 Å². The predicted molar refractivity (Wildman–Crippen MR) is 69.5 cm³/mol. The van der Waals surface area contributed by atoms with E-state index in [1.54, 1.807) is 19.1 Å². The standard InChI is InChI=1S/C11H8Cl4O2/c1-4-2-5(3-6(12)9(4)13)7-8(10(16)17)11(7,14)15/h2-3,7-8H,1H3,(H,16,17)/t7-,8+/m1/s1. The van der Waals surface area contributed by atoms with Crippen LogP contribution in [0.5, 0.6) is 0 Å². The molecule has 1 fully saturated rings. The van der Waals surface area contributed by atoms with Crippen molar-refractivity contribution in [3.8, 4) is 0 Å². The quantitative estimate of drug-likeness (QED) is 0.828. The van der Waals surface area contributed by atoms with Gasteiger partial charge < -0.3 is 5.11 Å². The largest absolute Gasteiger partial charge is 0.481 e. The van der Waals surface area contributed by atoms with Gasteiger partial charge in [0, 0.05) is 5.92 Å². The lowest BCUT2D eigenvalue weighted by molar-refractivity contribution is -0.138. The third-order valence-electron chi connectivity index (χ3n) is 2.91. The van der Waals surface area contributed by atoms with Gasteiger partial charge in [0.15, 0.2) is 0 Å². The molecule has 1 saturated carbocycles. The number of aliphatic carboxylic acids is 1. The van der Waals surface area contributed by atoms with Crippen LogP contribution in [0.15, 0.2) is 12.1 Å². The molecule has 0 heterocycles. The highest BCUT2D eigenvalue weighted by Gasteiger charge is 2.68. The number of rotatable bonds is 2. The molecule has 1 aliphatic rings. The van der Waals surface area contributed by atoms with Crippen LogP contribution in [0.2, 0.25) is 10.0 Å². The van der Waals surface area contributed by atoms with Crippen molar-refractivity contribution in [3.05, 3.63) is 33.3 Å². The first-order chi connectivity index (χ1) is 7.76. The molecule has 6 heteroatoms. The number of carbonyl (C=O) groups is 1. The number of alkyl halides is 2. The zero-order chi connectivity index (χ0) is 13.0. The van der Waals surface area contributed by atoms with Gasteiger partial charge in [0.25, 0.3) is 0 Å². The minimum atomic E-state index is -1.27. The first-order valence-electron chi connectivity index (χ1n) is 4.83. The van der Waals surface area contributed by atoms with Gasteiger partial charge in [-0.05, 0) is 24.1 Å². The van der Waals surface area contributed by atoms with Crippen LogP contribution < -0.4 is 0 Å². The molecule has 1 N–H and O–H groups in total. The van der Waals surface area contributed by atoms with Crippen LogP contribution in [0.25, 0.3) is 0 Å². The van der Waals surface area contributed by atoms with Crippen LogP contribution in [-0.4, -0.2) is 15.4 Å². The van der Waals surface area contributed by atoms with E-state index in [-0.39, 0.29) is 0 Å². The van der Waals surface area contributed by atoms with Crippen LogP contribution in [0.1, 0.15) is 17.0 Å². The van der Waals surface area contributed by atoms with Crippen molar-refractivity contribution in [1.29, 1.82) is 0 Å². The number of carboxylic acids is 1. The molecule has 17 heavy (non-hydrogen) atoms. The predicted octanol–water partition coefficient (Wildman–Crippen LogP) is 4.27. The normalized spacial score (nSPS) is 25.7. The SMILES string of the molecule is Cc1cc([C@@H]2[C@@H](C(=O)O)C2(Cl)Cl)cc(Cl)c1Cl. The van der Waals surface area contributed by atoms with E-state index in [0.29, 0.717) is 15.6 Å². The first-order valence-corrected chi connectivity index (χ1v) is 6.34. The molecule has 2 nitrogen and oxygen atoms in total. The summed E-state index contributed by atoms with van der Waals surface area (Å²) < 4.78 is -1.27. The maximum atomic E-state index is 11.0. The molecular formula is C11H8Cl4O2. The topological polar surface area (TPSA) is 37.3 Å². The summed E-state index contributed by atoms with van der Waals surface area (Å²) in [5.41, 5.74) is 1.48. The minimum absolute atomic E-state index is 0.377. The minimum Gasteiger partial charge on any atom is -0.481 e. The molecule has 2 rings (SSSR count). The lowest BCUT2D eigenvalue weighted by Gasteiger charge is -2.06. The Morgan fingerprint density at radius 3 is 2.35 bits per heavy atom. The second-order valence-corrected chi connectivity index (χ2v) is 6.33. The molecule has 92 valence electrons. The number of benzene rings is 1. The van der Waals surface area contributed by atoms with Gasteiger partial charge >= 0.3 is 5.97 Å². The maximum absolute atomic E-state index is 11.0. The van der Waals surface area contributed by atoms with Crippen molar-refractivity contribution >= 4 is 52.4 Å². The molecule has 0 saturated heterocycles. The van der Waals surface area contributed by atoms with Gasteiger partial charge in [0.05, 0.1) is 16.0 Å². The van der Waals surface area contributed by atoms with E-state index in [2.05, 4.69) is 0 Å². The second-order valence-electron chi connectivity index (χ2n) is 4.10. The first kappa shape index (κ1) is 13.3. The number of hydrogen-bond acceptors (Lipinski definition) is 1. The molecule has 0 amide bonds. The fraction of sp³-hybridized carbons (Fsp3) is 0.364. The van der Waals surface area contributed by atoms with Crippen molar-refractivity contribution in [2.45, 2.75) is 17.2 Å². The summed E-state index contributed by atoms with van der Waals surface area (Å²) in [6.07, 6.45) is 0. The highest BCUT2D eigenvalue weighted by molar-refractivity contribution is 6.53. The van der Waals surface area contributed by atoms with Crippen LogP contribution in [-0.2, 0) is 4.79 Å². The smallest absolute Gasteiger partial charge is 0.310 e. The monoisotopic (exact) mass is 312 g/mol. The summed E-state index contributed by atoms with van der Waals surface area (Å²) in [4.78, 5) is 11.0. The highest BCUT2D eigenvalue weighted by Crippen LogP contribution is 2.65. The van der Waals surface area contributed by atoms with Gasteiger partial charge in [-0.2, -0.15) is 0 Å². The molecule has 1 aromatic rings. The van der Waals surface area contributed by atoms with Gasteiger partial charge in [-0.1, -0.05) is 52.5 Å². The molecule has 0 aromatic heterocycles. The van der Waals surface area contributed by atoms with E-state index in [0.717, 1.165) is 5.56 Å². The van der Waals surface area contributed by atoms with Gasteiger partial charge in [0.1, 0.15) is 4.33 Å². The third-order valence-corrected chi connectivity index (χ3v) is 4.75. The Hall–Kier alpha value is -0.150. The van der Waals surface area contributed by atoms with Crippen LogP contribution >= 0.6 is 46.4 Å². The third kappa shape index (κ3) is 2.12. The number of carboxylic acid groups (broad SMARTS) is 1. The summed E-state index contributed by atoms with van der Waals surface area (Å²) in [5.74, 6) is -2.26. The Balaban J connectivity index is 2.41. The van der Waals surface area contributed by atoms with Crippen molar-refractivity contribution in [2.24, 2.45) is 5.92 Å². The van der Waals surface area contributed by atoms with E-state index >= 15 is 0 Å². The van der Waals surface area contributed by atoms with Crippen LogP contribution in [0.3, 0.4) is 0 Å². The van der Waals surface area contributed by atoms with E-state index < -0.39 is 22.1 Å². The number of halogens is 4. The van der Waals surface area contributed by atoms with Gasteiger partial charge in [-0.3, -0.25) is 4.79 Å². The van der Waals surface area contributed by atoms with Crippen LogP contribution in [0, 0.1) is 12.8 Å². The lowest BCUT2D eigenvalue weighted by Crippen LogP contribution is -2.03. The molecule has 0 unspecified atom stereocenters. The molecule has 1 aromatic carbocycles.